The Kier molecular flexibility index (Phi) is 14.5. The Bertz CT molecular complexity index is 2450. The molecule has 60 heavy (non-hydrogen) atoms. The molecule has 3 nitrogen and oxygen atoms in total. The maximum atomic E-state index is 5.02. The minimum Gasteiger partial charge on any atom is -0.310 e. The Hall–Kier alpha value is -4.52. The molecular weight excluding hydrogens is 766 g/mol. The van der Waals surface area contributed by atoms with Gasteiger partial charge in [0.05, 0.1) is 0 Å². The highest BCUT2D eigenvalue weighted by Crippen LogP contribution is 2.37. The quantitative estimate of drug-likeness (QED) is 0.0637. The Balaban J connectivity index is 1.34. The molecule has 0 spiro atoms. The van der Waals surface area contributed by atoms with Gasteiger partial charge in [-0.2, -0.15) is 0 Å². The van der Waals surface area contributed by atoms with Crippen LogP contribution >= 0.6 is 22.7 Å². The molecule has 0 aliphatic carbocycles. The number of aryl methyl sites for hydroxylation is 8. The van der Waals surface area contributed by atoms with Crippen molar-refractivity contribution in [2.45, 2.75) is 126 Å². The zero-order valence-corrected chi connectivity index (χ0v) is 39.3. The molecule has 0 aliphatic heterocycles. The molecule has 0 radical (unpaired) electrons. The number of hydrogen-bond acceptors (Lipinski definition) is 4. The summed E-state index contributed by atoms with van der Waals surface area (Å²) < 4.78 is 2.22. The van der Waals surface area contributed by atoms with Crippen LogP contribution in [0.25, 0.3) is 43.7 Å². The van der Waals surface area contributed by atoms with Crippen LogP contribution in [0.2, 0.25) is 0 Å². The molecule has 0 atom stereocenters. The Morgan fingerprint density at radius 3 is 1.55 bits per heavy atom. The summed E-state index contributed by atoms with van der Waals surface area (Å²) in [5.74, 6) is 1.80. The van der Waals surface area contributed by atoms with Gasteiger partial charge in [-0.1, -0.05) is 157 Å². The summed E-state index contributed by atoms with van der Waals surface area (Å²) in [7, 11) is 2.15. The van der Waals surface area contributed by atoms with E-state index in [1.54, 1.807) is 0 Å². The largest absolute Gasteiger partial charge is 0.310 e. The zero-order chi connectivity index (χ0) is 42.3. The second-order valence-corrected chi connectivity index (χ2v) is 19.2. The number of hydrogen-bond donors (Lipinski definition) is 0. The second-order valence-electron chi connectivity index (χ2n) is 17.4. The molecular formula is C54H64BN3S2. The van der Waals surface area contributed by atoms with Crippen molar-refractivity contribution in [1.29, 1.82) is 0 Å². The molecule has 0 fully saturated rings. The molecule has 0 N–H and O–H groups in total. The van der Waals surface area contributed by atoms with Gasteiger partial charge in [0.2, 0.25) is 6.71 Å². The van der Waals surface area contributed by atoms with E-state index in [0.717, 1.165) is 41.9 Å². The van der Waals surface area contributed by atoms with Gasteiger partial charge in [-0.15, -0.1) is 32.9 Å². The Labute approximate surface area is 369 Å². The van der Waals surface area contributed by atoms with E-state index in [0.29, 0.717) is 0 Å². The highest BCUT2D eigenvalue weighted by molar-refractivity contribution is 7.14. The molecule has 3 heterocycles. The van der Waals surface area contributed by atoms with Gasteiger partial charge in [-0.25, -0.2) is 0 Å². The molecule has 7 rings (SSSR count). The fourth-order valence-corrected chi connectivity index (χ4v) is 11.7. The van der Waals surface area contributed by atoms with E-state index >= 15 is 0 Å². The van der Waals surface area contributed by atoms with E-state index < -0.39 is 0 Å². The molecule has 6 heteroatoms. The van der Waals surface area contributed by atoms with E-state index in [2.05, 4.69) is 157 Å². The first kappa shape index (κ1) is 43.6. The first-order valence-corrected chi connectivity index (χ1v) is 24.3. The van der Waals surface area contributed by atoms with Gasteiger partial charge >= 0.3 is 0 Å². The summed E-state index contributed by atoms with van der Waals surface area (Å²) in [6.07, 6.45) is 13.3. The van der Waals surface area contributed by atoms with Crippen LogP contribution in [-0.2, 0) is 26.2 Å². The number of aromatic nitrogens is 3. The summed E-state index contributed by atoms with van der Waals surface area (Å²) in [5, 5.41) is 14.5. The van der Waals surface area contributed by atoms with Crippen molar-refractivity contribution in [2.24, 2.45) is 7.05 Å². The summed E-state index contributed by atoms with van der Waals surface area (Å²) in [6.45, 7) is 18.4. The van der Waals surface area contributed by atoms with Crippen LogP contribution in [0.3, 0.4) is 0 Å². The van der Waals surface area contributed by atoms with Crippen LogP contribution in [0.15, 0.2) is 89.6 Å². The van der Waals surface area contributed by atoms with Gasteiger partial charge < -0.3 is 4.57 Å². The van der Waals surface area contributed by atoms with Crippen molar-refractivity contribution in [3.8, 4) is 43.7 Å². The van der Waals surface area contributed by atoms with Crippen LogP contribution in [0.4, 0.5) is 0 Å². The van der Waals surface area contributed by atoms with Crippen LogP contribution in [0, 0.1) is 41.5 Å². The van der Waals surface area contributed by atoms with Crippen LogP contribution in [-0.4, -0.2) is 21.5 Å². The number of rotatable bonds is 18. The smallest absolute Gasteiger partial charge is 0.215 e. The monoisotopic (exact) mass is 829 g/mol. The first-order valence-electron chi connectivity index (χ1n) is 22.5. The standard InChI is InChI=1S/C54H64BN3S2/c1-10-12-14-16-19-42-25-27-59-51(42)44-21-18-22-46(33-44)53-56-57-54(58(53)9)48-24-23-45(52-43(26-28-60-52)20-17-15-13-11-2)34-47(48)35-55(49-38(5)29-36(3)30-39(49)6)50-40(7)31-37(4)32-41(50)8/h18,21-34H,10-17,19-20,35H2,1-9H3. The van der Waals surface area contributed by atoms with E-state index in [1.165, 1.54) is 133 Å². The van der Waals surface area contributed by atoms with Crippen molar-refractivity contribution < 1.29 is 0 Å². The number of nitrogens with zero attached hydrogens (tertiary/aromatic N) is 3. The molecule has 4 aromatic carbocycles. The molecule has 3 aromatic heterocycles. The first-order chi connectivity index (χ1) is 29.1. The van der Waals surface area contributed by atoms with Crippen molar-refractivity contribution in [3.63, 3.8) is 0 Å². The van der Waals surface area contributed by atoms with Crippen LogP contribution in [0.1, 0.15) is 115 Å². The average molecular weight is 830 g/mol. The van der Waals surface area contributed by atoms with Gasteiger partial charge in [-0.05, 0) is 130 Å². The lowest BCUT2D eigenvalue weighted by Gasteiger charge is -2.25. The fourth-order valence-electron chi connectivity index (χ4n) is 9.84. The summed E-state index contributed by atoms with van der Waals surface area (Å²) in [5.41, 5.74) is 20.0. The Morgan fingerprint density at radius 2 is 1.02 bits per heavy atom. The van der Waals surface area contributed by atoms with E-state index in [4.69, 9.17) is 10.2 Å². The molecule has 310 valence electrons. The third kappa shape index (κ3) is 9.66. The van der Waals surface area contributed by atoms with Crippen molar-refractivity contribution in [3.05, 3.63) is 140 Å². The van der Waals surface area contributed by atoms with Gasteiger partial charge in [0.25, 0.3) is 0 Å². The SMILES string of the molecule is CCCCCCc1ccsc1-c1cccc(-c2nnc(-c3ccc(-c4sccc4CCCCCC)cc3CB(c3c(C)cc(C)cc3C)c3c(C)cc(C)cc3C)n2C)c1. The zero-order valence-electron chi connectivity index (χ0n) is 37.7. The molecule has 7 aromatic rings. The third-order valence-electron chi connectivity index (χ3n) is 12.6. The molecule has 0 aliphatic rings. The topological polar surface area (TPSA) is 30.7 Å². The third-order valence-corrected chi connectivity index (χ3v) is 14.6. The lowest BCUT2D eigenvalue weighted by molar-refractivity contribution is 0.668. The lowest BCUT2D eigenvalue weighted by atomic mass is 9.35. The highest BCUT2D eigenvalue weighted by Gasteiger charge is 2.29. The van der Waals surface area contributed by atoms with Crippen molar-refractivity contribution in [1.82, 2.24) is 14.8 Å². The summed E-state index contributed by atoms with van der Waals surface area (Å²) in [6, 6.07) is 30.3. The van der Waals surface area contributed by atoms with Crippen LogP contribution in [0.5, 0.6) is 0 Å². The van der Waals surface area contributed by atoms with Crippen LogP contribution < -0.4 is 10.9 Å². The fraction of sp³-hybridized carbons (Fsp3) is 0.370. The minimum absolute atomic E-state index is 0.170. The number of unbranched alkanes of at least 4 members (excludes halogenated alkanes) is 6. The number of thiophene rings is 2. The van der Waals surface area contributed by atoms with Gasteiger partial charge in [0.15, 0.2) is 11.6 Å². The van der Waals surface area contributed by atoms with E-state index in [1.807, 2.05) is 22.7 Å². The average Bonchev–Trinajstić information content (AvgIpc) is 3.98. The summed E-state index contributed by atoms with van der Waals surface area (Å²) >= 11 is 3.73. The minimum atomic E-state index is 0.170. The molecule has 0 saturated carbocycles. The predicted molar refractivity (Wildman–Crippen MR) is 264 cm³/mol. The van der Waals surface area contributed by atoms with Gasteiger partial charge in [0.1, 0.15) is 0 Å². The number of benzene rings is 4. The normalized spacial score (nSPS) is 11.5. The maximum Gasteiger partial charge on any atom is 0.215 e. The van der Waals surface area contributed by atoms with E-state index in [9.17, 15) is 0 Å². The summed E-state index contributed by atoms with van der Waals surface area (Å²) in [4.78, 5) is 2.77. The van der Waals surface area contributed by atoms with Crippen molar-refractivity contribution >= 4 is 40.3 Å². The molecule has 0 saturated heterocycles. The lowest BCUT2D eigenvalue weighted by Crippen LogP contribution is -2.49. The molecule has 0 bridgehead atoms. The molecule has 0 unspecified atom stereocenters. The predicted octanol–water partition coefficient (Wildman–Crippen LogP) is 14.1. The Morgan fingerprint density at radius 1 is 0.517 bits per heavy atom. The maximum absolute atomic E-state index is 5.02. The van der Waals surface area contributed by atoms with Crippen molar-refractivity contribution in [2.75, 3.05) is 0 Å². The second kappa shape index (κ2) is 19.9. The van der Waals surface area contributed by atoms with E-state index in [-0.39, 0.29) is 6.71 Å². The molecule has 0 amide bonds. The highest BCUT2D eigenvalue weighted by atomic mass is 32.1. The van der Waals surface area contributed by atoms with Gasteiger partial charge in [-0.3, -0.25) is 0 Å². The van der Waals surface area contributed by atoms with Gasteiger partial charge in [0, 0.05) is 27.9 Å².